The SMILES string of the molecule is NCCc1nnc(NCC23CC4CC(CC(C4)C2)C3)o1. The molecule has 0 saturated heterocycles. The van der Waals surface area contributed by atoms with Crippen molar-refractivity contribution in [1.82, 2.24) is 10.2 Å². The van der Waals surface area contributed by atoms with Crippen molar-refractivity contribution in [3.8, 4) is 0 Å². The van der Waals surface area contributed by atoms with Gasteiger partial charge in [0.2, 0.25) is 5.89 Å². The van der Waals surface area contributed by atoms with Gasteiger partial charge in [-0.1, -0.05) is 5.10 Å². The van der Waals surface area contributed by atoms with Crippen LogP contribution >= 0.6 is 0 Å². The molecule has 3 N–H and O–H groups in total. The van der Waals surface area contributed by atoms with Crippen LogP contribution in [0.3, 0.4) is 0 Å². The molecule has 0 atom stereocenters. The summed E-state index contributed by atoms with van der Waals surface area (Å²) in [6, 6.07) is 0.573. The molecule has 4 aliphatic rings. The van der Waals surface area contributed by atoms with E-state index in [0.717, 1.165) is 24.3 Å². The third kappa shape index (κ3) is 2.22. The maximum Gasteiger partial charge on any atom is 0.315 e. The van der Waals surface area contributed by atoms with Crippen LogP contribution in [-0.2, 0) is 6.42 Å². The highest BCUT2D eigenvalue weighted by atomic mass is 16.4. The maximum atomic E-state index is 5.57. The van der Waals surface area contributed by atoms with Crippen molar-refractivity contribution in [1.29, 1.82) is 0 Å². The molecule has 1 aromatic rings. The van der Waals surface area contributed by atoms with Gasteiger partial charge in [0.25, 0.3) is 0 Å². The number of nitrogens with two attached hydrogens (primary N) is 1. The minimum absolute atomic E-state index is 0.497. The van der Waals surface area contributed by atoms with Gasteiger partial charge in [0.05, 0.1) is 0 Å². The van der Waals surface area contributed by atoms with Gasteiger partial charge in [-0.3, -0.25) is 0 Å². The lowest BCUT2D eigenvalue weighted by molar-refractivity contribution is -0.0446. The highest BCUT2D eigenvalue weighted by Gasteiger charge is 2.50. The van der Waals surface area contributed by atoms with Crippen LogP contribution in [0.15, 0.2) is 4.42 Å². The highest BCUT2D eigenvalue weighted by Crippen LogP contribution is 2.59. The number of rotatable bonds is 5. The van der Waals surface area contributed by atoms with Crippen LogP contribution in [0.1, 0.15) is 44.4 Å². The zero-order chi connectivity index (χ0) is 13.6. The molecule has 5 heteroatoms. The molecule has 4 fully saturated rings. The molecule has 0 spiro atoms. The predicted molar refractivity (Wildman–Crippen MR) is 76.2 cm³/mol. The first-order valence-corrected chi connectivity index (χ1v) is 8.01. The van der Waals surface area contributed by atoms with E-state index in [9.17, 15) is 0 Å². The van der Waals surface area contributed by atoms with E-state index in [1.807, 2.05) is 0 Å². The largest absolute Gasteiger partial charge is 0.408 e. The van der Waals surface area contributed by atoms with E-state index < -0.39 is 0 Å². The summed E-state index contributed by atoms with van der Waals surface area (Å²) < 4.78 is 5.57. The van der Waals surface area contributed by atoms with Crippen molar-refractivity contribution in [2.45, 2.75) is 44.9 Å². The summed E-state index contributed by atoms with van der Waals surface area (Å²) in [5, 5.41) is 11.5. The van der Waals surface area contributed by atoms with E-state index >= 15 is 0 Å². The molecule has 0 aliphatic heterocycles. The van der Waals surface area contributed by atoms with Crippen molar-refractivity contribution in [3.63, 3.8) is 0 Å². The van der Waals surface area contributed by atoms with Gasteiger partial charge in [0.15, 0.2) is 0 Å². The molecule has 5 nitrogen and oxygen atoms in total. The van der Waals surface area contributed by atoms with Gasteiger partial charge >= 0.3 is 6.01 Å². The molecule has 0 radical (unpaired) electrons. The third-order valence-corrected chi connectivity index (χ3v) is 5.60. The van der Waals surface area contributed by atoms with E-state index in [-0.39, 0.29) is 0 Å². The number of hydrogen-bond donors (Lipinski definition) is 2. The van der Waals surface area contributed by atoms with Gasteiger partial charge in [-0.15, -0.1) is 5.10 Å². The molecule has 20 heavy (non-hydrogen) atoms. The van der Waals surface area contributed by atoms with E-state index in [2.05, 4.69) is 15.5 Å². The lowest BCUT2D eigenvalue weighted by Gasteiger charge is -2.56. The number of aromatic nitrogens is 2. The Hall–Kier alpha value is -1.10. The first kappa shape index (κ1) is 12.6. The Morgan fingerprint density at radius 1 is 1.10 bits per heavy atom. The Morgan fingerprint density at radius 3 is 2.35 bits per heavy atom. The second kappa shape index (κ2) is 4.72. The minimum Gasteiger partial charge on any atom is -0.408 e. The molecule has 110 valence electrons. The molecule has 0 aromatic carbocycles. The molecule has 5 rings (SSSR count). The van der Waals surface area contributed by atoms with Crippen LogP contribution in [0, 0.1) is 23.2 Å². The van der Waals surface area contributed by atoms with Crippen molar-refractivity contribution in [2.75, 3.05) is 18.4 Å². The van der Waals surface area contributed by atoms with Gasteiger partial charge in [0.1, 0.15) is 0 Å². The van der Waals surface area contributed by atoms with Crippen LogP contribution in [0.5, 0.6) is 0 Å². The van der Waals surface area contributed by atoms with Crippen molar-refractivity contribution >= 4 is 6.01 Å². The van der Waals surface area contributed by atoms with Gasteiger partial charge in [-0.25, -0.2) is 0 Å². The summed E-state index contributed by atoms with van der Waals surface area (Å²) in [6.45, 7) is 1.55. The van der Waals surface area contributed by atoms with Crippen LogP contribution < -0.4 is 11.1 Å². The quantitative estimate of drug-likeness (QED) is 0.862. The smallest absolute Gasteiger partial charge is 0.315 e. The standard InChI is InChI=1S/C15H24N4O/c16-2-1-13-18-19-14(20-13)17-9-15-6-10-3-11(7-15)5-12(4-10)8-15/h10-12H,1-9,16H2,(H,17,19). The van der Waals surface area contributed by atoms with Crippen LogP contribution in [-0.4, -0.2) is 23.3 Å². The Kier molecular flexibility index (Phi) is 2.98. The van der Waals surface area contributed by atoms with Gasteiger partial charge in [0, 0.05) is 19.5 Å². The first-order valence-electron chi connectivity index (χ1n) is 8.01. The Labute approximate surface area is 119 Å². The number of hydrogen-bond acceptors (Lipinski definition) is 5. The van der Waals surface area contributed by atoms with Gasteiger partial charge < -0.3 is 15.5 Å². The molecular formula is C15H24N4O. The monoisotopic (exact) mass is 276 g/mol. The lowest BCUT2D eigenvalue weighted by Crippen LogP contribution is -2.49. The molecule has 4 bridgehead atoms. The molecule has 0 amide bonds. The lowest BCUT2D eigenvalue weighted by atomic mass is 9.49. The molecule has 1 heterocycles. The fraction of sp³-hybridized carbons (Fsp3) is 0.867. The first-order chi connectivity index (χ1) is 9.75. The number of anilines is 1. The fourth-order valence-corrected chi connectivity index (χ4v) is 5.32. The number of nitrogens with one attached hydrogen (secondary N) is 1. The van der Waals surface area contributed by atoms with E-state index in [1.165, 1.54) is 38.5 Å². The Morgan fingerprint density at radius 2 is 1.75 bits per heavy atom. The maximum absolute atomic E-state index is 5.57. The second-order valence-electron chi connectivity index (χ2n) is 7.31. The van der Waals surface area contributed by atoms with Gasteiger partial charge in [-0.2, -0.15) is 0 Å². The van der Waals surface area contributed by atoms with Crippen molar-refractivity contribution in [3.05, 3.63) is 5.89 Å². The van der Waals surface area contributed by atoms with Crippen molar-refractivity contribution < 1.29 is 4.42 Å². The van der Waals surface area contributed by atoms with Crippen molar-refractivity contribution in [2.24, 2.45) is 28.9 Å². The Bertz CT molecular complexity index is 449. The van der Waals surface area contributed by atoms with E-state index in [1.54, 1.807) is 0 Å². The number of nitrogens with zero attached hydrogens (tertiary/aromatic N) is 2. The molecule has 0 unspecified atom stereocenters. The average Bonchev–Trinajstić information content (AvgIpc) is 2.83. The Balaban J connectivity index is 1.41. The minimum atomic E-state index is 0.497. The molecule has 4 saturated carbocycles. The summed E-state index contributed by atoms with van der Waals surface area (Å²) >= 11 is 0. The molecular weight excluding hydrogens is 252 g/mol. The molecule has 1 aromatic heterocycles. The second-order valence-corrected chi connectivity index (χ2v) is 7.31. The fourth-order valence-electron chi connectivity index (χ4n) is 5.32. The van der Waals surface area contributed by atoms with Crippen LogP contribution in [0.2, 0.25) is 0 Å². The van der Waals surface area contributed by atoms with E-state index in [0.29, 0.717) is 30.3 Å². The summed E-state index contributed by atoms with van der Waals surface area (Å²) in [6.07, 6.45) is 9.31. The average molecular weight is 276 g/mol. The normalized spacial score (nSPS) is 38.4. The summed E-state index contributed by atoms with van der Waals surface area (Å²) in [7, 11) is 0. The highest BCUT2D eigenvalue weighted by molar-refractivity contribution is 5.19. The zero-order valence-corrected chi connectivity index (χ0v) is 12.0. The summed E-state index contributed by atoms with van der Waals surface area (Å²) in [5.74, 6) is 3.59. The zero-order valence-electron chi connectivity index (χ0n) is 12.0. The summed E-state index contributed by atoms with van der Waals surface area (Å²) in [5.41, 5.74) is 6.00. The van der Waals surface area contributed by atoms with E-state index in [4.69, 9.17) is 10.2 Å². The van der Waals surface area contributed by atoms with Crippen LogP contribution in [0.25, 0.3) is 0 Å². The van der Waals surface area contributed by atoms with Gasteiger partial charge in [-0.05, 0) is 61.7 Å². The summed E-state index contributed by atoms with van der Waals surface area (Å²) in [4.78, 5) is 0. The molecule has 4 aliphatic carbocycles. The van der Waals surface area contributed by atoms with Crippen LogP contribution in [0.4, 0.5) is 6.01 Å². The predicted octanol–water partition coefficient (Wildman–Crippen LogP) is 2.20. The topological polar surface area (TPSA) is 77.0 Å². The third-order valence-electron chi connectivity index (χ3n) is 5.60.